The number of carboxylic acids is 1. The van der Waals surface area contributed by atoms with Crippen LogP contribution in [0.25, 0.3) is 0 Å². The first kappa shape index (κ1) is 16.7. The number of carbonyl (C=O) groups excluding carboxylic acids is 2. The molecular weight excluding hydrogens is 272 g/mol. The lowest BCUT2D eigenvalue weighted by Gasteiger charge is -2.17. The molecule has 1 aromatic rings. The third-order valence-corrected chi connectivity index (χ3v) is 2.89. The Balaban J connectivity index is 2.62. The molecule has 114 valence electrons. The molecule has 0 aliphatic rings. The van der Waals surface area contributed by atoms with E-state index in [-0.39, 0.29) is 24.2 Å². The van der Waals surface area contributed by atoms with Gasteiger partial charge in [-0.25, -0.2) is 4.79 Å². The highest BCUT2D eigenvalue weighted by Crippen LogP contribution is 2.10. The van der Waals surface area contributed by atoms with E-state index in [1.165, 1.54) is 6.92 Å². The Morgan fingerprint density at radius 3 is 2.14 bits per heavy atom. The Morgan fingerprint density at radius 2 is 1.71 bits per heavy atom. The summed E-state index contributed by atoms with van der Waals surface area (Å²) in [5.41, 5.74) is 1.40. The molecule has 0 aliphatic heterocycles. The van der Waals surface area contributed by atoms with E-state index in [9.17, 15) is 14.4 Å². The molecular formula is C15H20N2O4. The predicted octanol–water partition coefficient (Wildman–Crippen LogP) is 1.41. The number of amides is 2. The second-order valence-electron chi connectivity index (χ2n) is 5.18. The number of nitrogens with one attached hydrogen (secondary N) is 2. The maximum atomic E-state index is 11.9. The summed E-state index contributed by atoms with van der Waals surface area (Å²) in [4.78, 5) is 33.8. The summed E-state index contributed by atoms with van der Waals surface area (Å²) in [6, 6.07) is 5.94. The van der Waals surface area contributed by atoms with Gasteiger partial charge in [0.25, 0.3) is 0 Å². The lowest BCUT2D eigenvalue weighted by molar-refractivity contribution is -0.143. The lowest BCUT2D eigenvalue weighted by atomic mass is 10.0. The third-order valence-electron chi connectivity index (χ3n) is 2.89. The number of carbonyl (C=O) groups is 3. The smallest absolute Gasteiger partial charge is 0.326 e. The molecule has 1 aromatic carbocycles. The number of rotatable bonds is 6. The normalized spacial score (nSPS) is 11.8. The Labute approximate surface area is 123 Å². The Bertz CT molecular complexity index is 523. The van der Waals surface area contributed by atoms with Crippen LogP contribution in [0.2, 0.25) is 0 Å². The molecule has 1 atom stereocenters. The quantitative estimate of drug-likeness (QED) is 0.738. The van der Waals surface area contributed by atoms with Gasteiger partial charge >= 0.3 is 5.97 Å². The van der Waals surface area contributed by atoms with E-state index in [4.69, 9.17) is 5.11 Å². The van der Waals surface area contributed by atoms with Crippen LogP contribution < -0.4 is 10.6 Å². The first-order chi connectivity index (χ1) is 9.79. The van der Waals surface area contributed by atoms with Crippen molar-refractivity contribution in [2.45, 2.75) is 33.2 Å². The molecule has 0 heterocycles. The topological polar surface area (TPSA) is 95.5 Å². The van der Waals surface area contributed by atoms with Crippen molar-refractivity contribution in [3.05, 3.63) is 29.8 Å². The number of hydrogen-bond donors (Lipinski definition) is 3. The zero-order valence-corrected chi connectivity index (χ0v) is 12.3. The molecule has 0 spiro atoms. The van der Waals surface area contributed by atoms with Gasteiger partial charge in [-0.1, -0.05) is 26.0 Å². The van der Waals surface area contributed by atoms with Gasteiger partial charge in [-0.15, -0.1) is 0 Å². The minimum absolute atomic E-state index is 0.0941. The second-order valence-corrected chi connectivity index (χ2v) is 5.18. The first-order valence-electron chi connectivity index (χ1n) is 6.68. The van der Waals surface area contributed by atoms with Gasteiger partial charge in [-0.2, -0.15) is 0 Å². The van der Waals surface area contributed by atoms with Crippen LogP contribution in [0.1, 0.15) is 26.3 Å². The average Bonchev–Trinajstić information content (AvgIpc) is 2.37. The van der Waals surface area contributed by atoms with E-state index in [1.54, 1.807) is 38.1 Å². The SMILES string of the molecule is CC(=O)Nc1ccc(CC(=O)NC(C(=O)O)C(C)C)cc1. The van der Waals surface area contributed by atoms with Crippen molar-refractivity contribution < 1.29 is 19.5 Å². The number of benzene rings is 1. The molecule has 1 unspecified atom stereocenters. The molecule has 6 heteroatoms. The average molecular weight is 292 g/mol. The van der Waals surface area contributed by atoms with Gasteiger partial charge in [-0.05, 0) is 23.6 Å². The highest BCUT2D eigenvalue weighted by atomic mass is 16.4. The van der Waals surface area contributed by atoms with Gasteiger partial charge in [0.1, 0.15) is 6.04 Å². The summed E-state index contributed by atoms with van der Waals surface area (Å²) in [6.07, 6.45) is 0.0941. The monoisotopic (exact) mass is 292 g/mol. The van der Waals surface area contributed by atoms with Gasteiger partial charge in [0.15, 0.2) is 0 Å². The summed E-state index contributed by atoms with van der Waals surface area (Å²) < 4.78 is 0. The highest BCUT2D eigenvalue weighted by molar-refractivity contribution is 5.89. The van der Waals surface area contributed by atoms with Crippen molar-refractivity contribution in [2.24, 2.45) is 5.92 Å². The zero-order chi connectivity index (χ0) is 16.0. The summed E-state index contributed by atoms with van der Waals surface area (Å²) in [7, 11) is 0. The van der Waals surface area contributed by atoms with E-state index in [0.29, 0.717) is 5.69 Å². The third kappa shape index (κ3) is 5.64. The molecule has 6 nitrogen and oxygen atoms in total. The van der Waals surface area contributed by atoms with Crippen LogP contribution in [0.4, 0.5) is 5.69 Å². The molecule has 0 saturated heterocycles. The molecule has 0 fully saturated rings. The molecule has 0 radical (unpaired) electrons. The van der Waals surface area contributed by atoms with Crippen LogP contribution in [0, 0.1) is 5.92 Å². The van der Waals surface area contributed by atoms with Crippen molar-refractivity contribution >= 4 is 23.5 Å². The van der Waals surface area contributed by atoms with Gasteiger partial charge in [-0.3, -0.25) is 9.59 Å². The summed E-state index contributed by atoms with van der Waals surface area (Å²) >= 11 is 0. The van der Waals surface area contributed by atoms with Crippen LogP contribution >= 0.6 is 0 Å². The fraction of sp³-hybridized carbons (Fsp3) is 0.400. The second kappa shape index (κ2) is 7.42. The molecule has 0 saturated carbocycles. The van der Waals surface area contributed by atoms with Crippen LogP contribution in [-0.2, 0) is 20.8 Å². The van der Waals surface area contributed by atoms with Crippen LogP contribution in [0.3, 0.4) is 0 Å². The van der Waals surface area contributed by atoms with Crippen molar-refractivity contribution in [2.75, 3.05) is 5.32 Å². The van der Waals surface area contributed by atoms with Gasteiger partial charge < -0.3 is 15.7 Å². The maximum Gasteiger partial charge on any atom is 0.326 e. The summed E-state index contributed by atoms with van der Waals surface area (Å²) in [6.45, 7) is 4.89. The molecule has 0 aliphatic carbocycles. The van der Waals surface area contributed by atoms with Crippen molar-refractivity contribution in [3.8, 4) is 0 Å². The van der Waals surface area contributed by atoms with Crippen LogP contribution in [-0.4, -0.2) is 28.9 Å². The van der Waals surface area contributed by atoms with Gasteiger partial charge in [0, 0.05) is 12.6 Å². The van der Waals surface area contributed by atoms with E-state index >= 15 is 0 Å². The number of carboxylic acid groups (broad SMARTS) is 1. The van der Waals surface area contributed by atoms with E-state index in [1.807, 2.05) is 0 Å². The minimum Gasteiger partial charge on any atom is -0.480 e. The Morgan fingerprint density at radius 1 is 1.14 bits per heavy atom. The molecule has 2 amide bonds. The number of aliphatic carboxylic acids is 1. The summed E-state index contributed by atoms with van der Waals surface area (Å²) in [5, 5.41) is 14.2. The van der Waals surface area contributed by atoms with Crippen molar-refractivity contribution in [1.29, 1.82) is 0 Å². The van der Waals surface area contributed by atoms with Gasteiger partial charge in [0.05, 0.1) is 6.42 Å². The van der Waals surface area contributed by atoms with Crippen molar-refractivity contribution in [3.63, 3.8) is 0 Å². The van der Waals surface area contributed by atoms with E-state index in [2.05, 4.69) is 10.6 Å². The molecule has 1 rings (SSSR count). The maximum absolute atomic E-state index is 11.9. The van der Waals surface area contributed by atoms with Gasteiger partial charge in [0.2, 0.25) is 11.8 Å². The molecule has 3 N–H and O–H groups in total. The fourth-order valence-electron chi connectivity index (χ4n) is 1.83. The van der Waals surface area contributed by atoms with E-state index in [0.717, 1.165) is 5.56 Å². The predicted molar refractivity (Wildman–Crippen MR) is 78.9 cm³/mol. The van der Waals surface area contributed by atoms with E-state index < -0.39 is 12.0 Å². The minimum atomic E-state index is -1.04. The van der Waals surface area contributed by atoms with Crippen LogP contribution in [0.5, 0.6) is 0 Å². The number of anilines is 1. The Hall–Kier alpha value is -2.37. The van der Waals surface area contributed by atoms with Crippen LogP contribution in [0.15, 0.2) is 24.3 Å². The molecule has 0 aromatic heterocycles. The molecule has 21 heavy (non-hydrogen) atoms. The number of hydrogen-bond acceptors (Lipinski definition) is 3. The zero-order valence-electron chi connectivity index (χ0n) is 12.3. The standard InChI is InChI=1S/C15H20N2O4/c1-9(2)14(15(20)21)17-13(19)8-11-4-6-12(7-5-11)16-10(3)18/h4-7,9,14H,8H2,1-3H3,(H,16,18)(H,17,19)(H,20,21). The highest BCUT2D eigenvalue weighted by Gasteiger charge is 2.23. The summed E-state index contributed by atoms with van der Waals surface area (Å²) in [5.74, 6) is -1.74. The largest absolute Gasteiger partial charge is 0.480 e. The Kier molecular flexibility index (Phi) is 5.90. The lowest BCUT2D eigenvalue weighted by Crippen LogP contribution is -2.44. The fourth-order valence-corrected chi connectivity index (χ4v) is 1.83. The van der Waals surface area contributed by atoms with Crippen molar-refractivity contribution in [1.82, 2.24) is 5.32 Å². The first-order valence-corrected chi connectivity index (χ1v) is 6.68. The molecule has 0 bridgehead atoms.